The molecule has 0 saturated carbocycles. The maximum Gasteiger partial charge on any atom is 0.328 e. The molecule has 108 valence electrons. The number of hydrogen-bond acceptors (Lipinski definition) is 4. The van der Waals surface area contributed by atoms with Crippen LogP contribution in [0.2, 0.25) is 0 Å². The monoisotopic (exact) mass is 393 g/mol. The number of carbonyl (C=O) groups excluding carboxylic acids is 2. The number of aliphatic hydroxyl groups is 1. The highest BCUT2D eigenvalue weighted by Crippen LogP contribution is 2.24. The van der Waals surface area contributed by atoms with Crippen molar-refractivity contribution in [1.82, 2.24) is 4.90 Å². The smallest absolute Gasteiger partial charge is 0.328 e. The lowest BCUT2D eigenvalue weighted by molar-refractivity contribution is -0.145. The number of rotatable bonds is 2. The minimum absolute atomic E-state index is 0.0616. The Morgan fingerprint density at radius 1 is 1.50 bits per heavy atom. The van der Waals surface area contributed by atoms with E-state index in [2.05, 4.69) is 4.74 Å². The van der Waals surface area contributed by atoms with Crippen molar-refractivity contribution in [1.29, 1.82) is 0 Å². The lowest BCUT2D eigenvalue weighted by atomic mass is 10.1. The summed E-state index contributed by atoms with van der Waals surface area (Å²) in [7, 11) is 1.23. The van der Waals surface area contributed by atoms with Gasteiger partial charge in [0.25, 0.3) is 5.91 Å². The molecule has 5 nitrogen and oxygen atoms in total. The first-order valence-electron chi connectivity index (χ1n) is 5.96. The lowest BCUT2D eigenvalue weighted by Gasteiger charge is -2.22. The zero-order chi connectivity index (χ0) is 14.9. The SMILES string of the molecule is COC(=O)C1CC(O)CN1C(=O)c1ccc(F)cc1I. The number of halogens is 2. The summed E-state index contributed by atoms with van der Waals surface area (Å²) in [5.74, 6) is -1.41. The van der Waals surface area contributed by atoms with Crippen LogP contribution in [0.15, 0.2) is 18.2 Å². The molecule has 1 aliphatic rings. The zero-order valence-corrected chi connectivity index (χ0v) is 12.8. The minimum atomic E-state index is -0.802. The first-order chi connectivity index (χ1) is 9.43. The third-order valence-corrected chi connectivity index (χ3v) is 4.07. The molecule has 0 radical (unpaired) electrons. The molecule has 2 unspecified atom stereocenters. The first-order valence-corrected chi connectivity index (χ1v) is 7.04. The van der Waals surface area contributed by atoms with E-state index in [9.17, 15) is 19.1 Å². The number of hydrogen-bond donors (Lipinski definition) is 1. The van der Waals surface area contributed by atoms with E-state index in [1.165, 1.54) is 30.2 Å². The van der Waals surface area contributed by atoms with Gasteiger partial charge in [0.05, 0.1) is 18.8 Å². The maximum atomic E-state index is 13.1. The molecule has 1 amide bonds. The Balaban J connectivity index is 2.29. The van der Waals surface area contributed by atoms with Crippen LogP contribution in [0.1, 0.15) is 16.8 Å². The number of methoxy groups -OCH3 is 1. The Hall–Kier alpha value is -1.22. The van der Waals surface area contributed by atoms with Gasteiger partial charge >= 0.3 is 5.97 Å². The maximum absolute atomic E-state index is 13.1. The van der Waals surface area contributed by atoms with Gasteiger partial charge in [-0.2, -0.15) is 0 Å². The first kappa shape index (κ1) is 15.2. The third kappa shape index (κ3) is 2.93. The molecular weight excluding hydrogens is 380 g/mol. The highest BCUT2D eigenvalue weighted by Gasteiger charge is 2.40. The second-order valence-electron chi connectivity index (χ2n) is 4.51. The summed E-state index contributed by atoms with van der Waals surface area (Å²) in [4.78, 5) is 25.4. The Morgan fingerprint density at radius 2 is 2.20 bits per heavy atom. The predicted octanol–water partition coefficient (Wildman–Crippen LogP) is 1.18. The normalized spacial score (nSPS) is 21.9. The number of β-amino-alcohol motifs (C(OH)–C–C–N with tert-alkyl or cyclic N) is 1. The zero-order valence-electron chi connectivity index (χ0n) is 10.7. The molecule has 1 saturated heterocycles. The van der Waals surface area contributed by atoms with Crippen molar-refractivity contribution >= 4 is 34.5 Å². The predicted molar refractivity (Wildman–Crippen MR) is 76.6 cm³/mol. The average Bonchev–Trinajstić information content (AvgIpc) is 2.79. The van der Waals surface area contributed by atoms with Crippen molar-refractivity contribution in [3.05, 3.63) is 33.1 Å². The molecule has 0 aliphatic carbocycles. The van der Waals surface area contributed by atoms with Crippen molar-refractivity contribution < 1.29 is 23.8 Å². The molecule has 1 N–H and O–H groups in total. The van der Waals surface area contributed by atoms with Crippen LogP contribution in [0.3, 0.4) is 0 Å². The van der Waals surface area contributed by atoms with Gasteiger partial charge in [-0.1, -0.05) is 0 Å². The summed E-state index contributed by atoms with van der Waals surface area (Å²) >= 11 is 1.86. The Labute approximate surface area is 128 Å². The molecule has 0 bridgehead atoms. The number of benzene rings is 1. The molecule has 0 spiro atoms. The van der Waals surface area contributed by atoms with Gasteiger partial charge in [-0.15, -0.1) is 0 Å². The summed E-state index contributed by atoms with van der Waals surface area (Å²) in [5, 5.41) is 9.66. The van der Waals surface area contributed by atoms with Crippen LogP contribution < -0.4 is 0 Å². The molecule has 2 atom stereocenters. The van der Waals surface area contributed by atoms with E-state index in [1.807, 2.05) is 22.6 Å². The second-order valence-corrected chi connectivity index (χ2v) is 5.67. The Kier molecular flexibility index (Phi) is 4.59. The summed E-state index contributed by atoms with van der Waals surface area (Å²) in [5.41, 5.74) is 0.301. The number of nitrogens with zero attached hydrogens (tertiary/aromatic N) is 1. The van der Waals surface area contributed by atoms with E-state index < -0.39 is 29.8 Å². The van der Waals surface area contributed by atoms with E-state index >= 15 is 0 Å². The van der Waals surface area contributed by atoms with Crippen LogP contribution in [0, 0.1) is 9.39 Å². The Morgan fingerprint density at radius 3 is 2.80 bits per heavy atom. The van der Waals surface area contributed by atoms with Gasteiger partial charge in [-0.3, -0.25) is 4.79 Å². The number of esters is 1. The standard InChI is InChI=1S/C13H13FINO4/c1-20-13(19)11-5-8(17)6-16(11)12(18)9-3-2-7(14)4-10(9)15/h2-4,8,11,17H,5-6H2,1H3. The molecular formula is C13H13FINO4. The average molecular weight is 393 g/mol. The highest BCUT2D eigenvalue weighted by molar-refractivity contribution is 14.1. The van der Waals surface area contributed by atoms with E-state index in [0.717, 1.165) is 0 Å². The number of carbonyl (C=O) groups is 2. The molecule has 20 heavy (non-hydrogen) atoms. The van der Waals surface area contributed by atoms with Crippen molar-refractivity contribution in [3.8, 4) is 0 Å². The third-order valence-electron chi connectivity index (χ3n) is 3.17. The van der Waals surface area contributed by atoms with Gasteiger partial charge in [0.15, 0.2) is 0 Å². The molecule has 2 rings (SSSR count). The topological polar surface area (TPSA) is 66.8 Å². The van der Waals surface area contributed by atoms with Crippen molar-refractivity contribution in [2.24, 2.45) is 0 Å². The molecule has 0 aromatic heterocycles. The van der Waals surface area contributed by atoms with Gasteiger partial charge in [-0.05, 0) is 40.8 Å². The fourth-order valence-electron chi connectivity index (χ4n) is 2.22. The lowest BCUT2D eigenvalue weighted by Crippen LogP contribution is -2.41. The van der Waals surface area contributed by atoms with Crippen molar-refractivity contribution in [2.75, 3.05) is 13.7 Å². The second kappa shape index (κ2) is 6.04. The van der Waals surface area contributed by atoms with Crippen LogP contribution in [-0.2, 0) is 9.53 Å². The summed E-state index contributed by atoms with van der Waals surface area (Å²) in [6.45, 7) is 0.0616. The Bertz CT molecular complexity index is 551. The van der Waals surface area contributed by atoms with Gasteiger partial charge in [-0.25, -0.2) is 9.18 Å². The van der Waals surface area contributed by atoms with Crippen LogP contribution in [0.5, 0.6) is 0 Å². The molecule has 1 aliphatic heterocycles. The van der Waals surface area contributed by atoms with E-state index in [1.54, 1.807) is 0 Å². The van der Waals surface area contributed by atoms with E-state index in [0.29, 0.717) is 9.13 Å². The van der Waals surface area contributed by atoms with E-state index in [-0.39, 0.29) is 13.0 Å². The fourth-order valence-corrected chi connectivity index (χ4v) is 2.92. The molecule has 1 heterocycles. The summed E-state index contributed by atoms with van der Waals surface area (Å²) in [6, 6.07) is 3.00. The number of likely N-dealkylation sites (tertiary alicyclic amines) is 1. The number of aliphatic hydroxyl groups excluding tert-OH is 1. The van der Waals surface area contributed by atoms with Crippen LogP contribution >= 0.6 is 22.6 Å². The van der Waals surface area contributed by atoms with E-state index in [4.69, 9.17) is 0 Å². The molecule has 1 fully saturated rings. The largest absolute Gasteiger partial charge is 0.467 e. The number of ether oxygens (including phenoxy) is 1. The molecule has 7 heteroatoms. The van der Waals surface area contributed by atoms with Crippen LogP contribution in [0.25, 0.3) is 0 Å². The minimum Gasteiger partial charge on any atom is -0.467 e. The highest BCUT2D eigenvalue weighted by atomic mass is 127. The fraction of sp³-hybridized carbons (Fsp3) is 0.385. The van der Waals surface area contributed by atoms with Crippen LogP contribution in [-0.4, -0.2) is 47.7 Å². The summed E-state index contributed by atoms with van der Waals surface area (Å²) in [6.07, 6.45) is -0.614. The quantitative estimate of drug-likeness (QED) is 0.606. The van der Waals surface area contributed by atoms with Gasteiger partial charge < -0.3 is 14.7 Å². The van der Waals surface area contributed by atoms with Gasteiger partial charge in [0, 0.05) is 16.5 Å². The van der Waals surface area contributed by atoms with Crippen LogP contribution in [0.4, 0.5) is 4.39 Å². The molecule has 1 aromatic rings. The van der Waals surface area contributed by atoms with Gasteiger partial charge in [0.2, 0.25) is 0 Å². The van der Waals surface area contributed by atoms with Crippen molar-refractivity contribution in [2.45, 2.75) is 18.6 Å². The van der Waals surface area contributed by atoms with Gasteiger partial charge in [0.1, 0.15) is 11.9 Å². The summed E-state index contributed by atoms with van der Waals surface area (Å²) < 4.78 is 18.2. The van der Waals surface area contributed by atoms with Crippen molar-refractivity contribution in [3.63, 3.8) is 0 Å². The number of amides is 1. The molecule has 1 aromatic carbocycles.